The van der Waals surface area contributed by atoms with Crippen LogP contribution in [-0.4, -0.2) is 33.0 Å². The van der Waals surface area contributed by atoms with Crippen molar-refractivity contribution in [1.29, 1.82) is 0 Å². The van der Waals surface area contributed by atoms with Crippen molar-refractivity contribution >= 4 is 5.91 Å². The fraction of sp³-hybridized carbons (Fsp3) is 0.750. The number of nitrogens with one attached hydrogen (secondary N) is 1. The van der Waals surface area contributed by atoms with E-state index >= 15 is 0 Å². The molecule has 1 fully saturated rings. The van der Waals surface area contributed by atoms with E-state index in [1.54, 1.807) is 14.2 Å². The Morgan fingerprint density at radius 3 is 2.62 bits per heavy atom. The van der Waals surface area contributed by atoms with E-state index in [1.807, 2.05) is 0 Å². The molecule has 90 valence electrons. The molecule has 2 aliphatic carbocycles. The number of carbonyl (C=O) groups excluding carboxylic acids is 1. The van der Waals surface area contributed by atoms with Crippen LogP contribution in [0.15, 0.2) is 12.2 Å². The Balaban J connectivity index is 1.78. The van der Waals surface area contributed by atoms with Crippen molar-refractivity contribution in [2.24, 2.45) is 17.8 Å². The Morgan fingerprint density at radius 1 is 1.38 bits per heavy atom. The van der Waals surface area contributed by atoms with E-state index in [1.165, 1.54) is 0 Å². The van der Waals surface area contributed by atoms with Crippen LogP contribution in [0, 0.1) is 17.8 Å². The van der Waals surface area contributed by atoms with Gasteiger partial charge in [0.05, 0.1) is 6.54 Å². The summed E-state index contributed by atoms with van der Waals surface area (Å²) in [5.41, 5.74) is 0. The molecule has 0 heterocycles. The van der Waals surface area contributed by atoms with Crippen LogP contribution in [0.2, 0.25) is 0 Å². The maximum absolute atomic E-state index is 11.9. The van der Waals surface area contributed by atoms with Crippen LogP contribution in [0.4, 0.5) is 0 Å². The first kappa shape index (κ1) is 11.6. The minimum atomic E-state index is -0.349. The summed E-state index contributed by atoms with van der Waals surface area (Å²) in [5.74, 6) is 1.37. The maximum atomic E-state index is 11.9. The molecular weight excluding hydrogens is 206 g/mol. The molecule has 0 radical (unpaired) electrons. The summed E-state index contributed by atoms with van der Waals surface area (Å²) >= 11 is 0. The molecule has 2 rings (SSSR count). The summed E-state index contributed by atoms with van der Waals surface area (Å²) < 4.78 is 10.0. The minimum Gasteiger partial charge on any atom is -0.354 e. The maximum Gasteiger partial charge on any atom is 0.223 e. The average molecular weight is 225 g/mol. The predicted octanol–water partition coefficient (Wildman–Crippen LogP) is 0.934. The van der Waals surface area contributed by atoms with Crippen LogP contribution in [0.25, 0.3) is 0 Å². The molecule has 0 aliphatic heterocycles. The number of rotatable bonds is 5. The number of hydrogen-bond donors (Lipinski definition) is 1. The molecule has 0 aromatic carbocycles. The first-order valence-corrected chi connectivity index (χ1v) is 5.76. The van der Waals surface area contributed by atoms with Crippen LogP contribution in [0.3, 0.4) is 0 Å². The Morgan fingerprint density at radius 2 is 2.12 bits per heavy atom. The molecule has 3 unspecified atom stereocenters. The summed E-state index contributed by atoms with van der Waals surface area (Å²) in [6, 6.07) is 0. The third-order valence-electron chi connectivity index (χ3n) is 3.58. The van der Waals surface area contributed by atoms with Gasteiger partial charge in [-0.15, -0.1) is 0 Å². The molecule has 4 nitrogen and oxygen atoms in total. The molecule has 2 aliphatic rings. The van der Waals surface area contributed by atoms with Crippen molar-refractivity contribution in [3.8, 4) is 0 Å². The second kappa shape index (κ2) is 4.97. The van der Waals surface area contributed by atoms with Crippen LogP contribution in [0.1, 0.15) is 12.8 Å². The summed E-state index contributed by atoms with van der Waals surface area (Å²) in [7, 11) is 3.14. The number of ether oxygens (including phenoxy) is 2. The number of methoxy groups -OCH3 is 2. The van der Waals surface area contributed by atoms with Crippen LogP contribution < -0.4 is 5.32 Å². The van der Waals surface area contributed by atoms with Crippen molar-refractivity contribution in [2.75, 3.05) is 20.8 Å². The molecule has 2 bridgehead atoms. The average Bonchev–Trinajstić information content (AvgIpc) is 2.91. The Kier molecular flexibility index (Phi) is 3.61. The fourth-order valence-electron chi connectivity index (χ4n) is 2.66. The van der Waals surface area contributed by atoms with Gasteiger partial charge in [0.1, 0.15) is 0 Å². The molecule has 1 amide bonds. The van der Waals surface area contributed by atoms with Gasteiger partial charge in [-0.25, -0.2) is 0 Å². The number of carbonyl (C=O) groups is 1. The van der Waals surface area contributed by atoms with E-state index in [0.717, 1.165) is 12.8 Å². The standard InChI is InChI=1S/C12H19NO3/c1-15-11(16-2)7-13-12(14)10-6-8-3-4-9(10)5-8/h3-4,8-11H,5-7H2,1-2H3,(H,13,14). The molecule has 1 saturated carbocycles. The van der Waals surface area contributed by atoms with Crippen LogP contribution in [0.5, 0.6) is 0 Å². The van der Waals surface area contributed by atoms with Gasteiger partial charge in [0, 0.05) is 20.1 Å². The van der Waals surface area contributed by atoms with Crippen molar-refractivity contribution in [3.63, 3.8) is 0 Å². The second-order valence-electron chi connectivity index (χ2n) is 4.53. The Hall–Kier alpha value is -0.870. The fourth-order valence-corrected chi connectivity index (χ4v) is 2.66. The summed E-state index contributed by atoms with van der Waals surface area (Å²) in [5, 5.41) is 2.89. The highest BCUT2D eigenvalue weighted by atomic mass is 16.7. The second-order valence-corrected chi connectivity index (χ2v) is 4.53. The smallest absolute Gasteiger partial charge is 0.223 e. The lowest BCUT2D eigenvalue weighted by Gasteiger charge is -2.19. The molecule has 0 aromatic rings. The molecule has 0 aromatic heterocycles. The zero-order valence-electron chi connectivity index (χ0n) is 9.81. The van der Waals surface area contributed by atoms with Crippen molar-refractivity contribution < 1.29 is 14.3 Å². The Labute approximate surface area is 96.0 Å². The largest absolute Gasteiger partial charge is 0.354 e. The SMILES string of the molecule is COC(CNC(=O)C1CC2C=CC1C2)OC. The van der Waals surface area contributed by atoms with Gasteiger partial charge in [0.25, 0.3) is 0 Å². The molecular formula is C12H19NO3. The summed E-state index contributed by atoms with van der Waals surface area (Å²) in [6.45, 7) is 0.420. The van der Waals surface area contributed by atoms with Gasteiger partial charge in [-0.1, -0.05) is 12.2 Å². The van der Waals surface area contributed by atoms with Crippen molar-refractivity contribution in [3.05, 3.63) is 12.2 Å². The monoisotopic (exact) mass is 225 g/mol. The molecule has 0 spiro atoms. The quantitative estimate of drug-likeness (QED) is 0.559. The molecule has 3 atom stereocenters. The Bertz CT molecular complexity index is 286. The highest BCUT2D eigenvalue weighted by Crippen LogP contribution is 2.43. The van der Waals surface area contributed by atoms with Gasteiger partial charge in [0.2, 0.25) is 5.91 Å². The van der Waals surface area contributed by atoms with E-state index in [2.05, 4.69) is 17.5 Å². The van der Waals surface area contributed by atoms with Crippen LogP contribution >= 0.6 is 0 Å². The molecule has 0 saturated heterocycles. The zero-order valence-corrected chi connectivity index (χ0v) is 9.81. The van der Waals surface area contributed by atoms with Gasteiger partial charge >= 0.3 is 0 Å². The molecule has 1 N–H and O–H groups in total. The van der Waals surface area contributed by atoms with Crippen LogP contribution in [-0.2, 0) is 14.3 Å². The van der Waals surface area contributed by atoms with Gasteiger partial charge in [0.15, 0.2) is 6.29 Å². The number of allylic oxidation sites excluding steroid dienone is 2. The normalized spacial score (nSPS) is 31.3. The predicted molar refractivity (Wildman–Crippen MR) is 59.7 cm³/mol. The minimum absolute atomic E-state index is 0.135. The lowest BCUT2D eigenvalue weighted by atomic mass is 9.93. The lowest BCUT2D eigenvalue weighted by molar-refractivity contribution is -0.131. The molecule has 4 heteroatoms. The lowest BCUT2D eigenvalue weighted by Crippen LogP contribution is -2.38. The third-order valence-corrected chi connectivity index (χ3v) is 3.58. The number of fused-ring (bicyclic) bond motifs is 2. The zero-order chi connectivity index (χ0) is 11.5. The topological polar surface area (TPSA) is 47.6 Å². The van der Waals surface area contributed by atoms with E-state index in [-0.39, 0.29) is 18.1 Å². The first-order chi connectivity index (χ1) is 7.74. The van der Waals surface area contributed by atoms with Crippen molar-refractivity contribution in [1.82, 2.24) is 5.32 Å². The summed E-state index contributed by atoms with van der Waals surface area (Å²) in [6.07, 6.45) is 6.22. The van der Waals surface area contributed by atoms with E-state index in [9.17, 15) is 4.79 Å². The molecule has 16 heavy (non-hydrogen) atoms. The van der Waals surface area contributed by atoms with Gasteiger partial charge in [-0.05, 0) is 24.7 Å². The number of hydrogen-bond acceptors (Lipinski definition) is 3. The van der Waals surface area contributed by atoms with Gasteiger partial charge in [-0.2, -0.15) is 0 Å². The third kappa shape index (κ3) is 2.28. The van der Waals surface area contributed by atoms with E-state index in [4.69, 9.17) is 9.47 Å². The highest BCUT2D eigenvalue weighted by Gasteiger charge is 2.39. The first-order valence-electron chi connectivity index (χ1n) is 5.76. The van der Waals surface area contributed by atoms with E-state index in [0.29, 0.717) is 18.4 Å². The highest BCUT2D eigenvalue weighted by molar-refractivity contribution is 5.79. The van der Waals surface area contributed by atoms with Gasteiger partial charge in [-0.3, -0.25) is 4.79 Å². The number of amides is 1. The summed E-state index contributed by atoms with van der Waals surface area (Å²) in [4.78, 5) is 11.9. The van der Waals surface area contributed by atoms with Gasteiger partial charge < -0.3 is 14.8 Å². The van der Waals surface area contributed by atoms with E-state index < -0.39 is 0 Å². The van der Waals surface area contributed by atoms with Crippen molar-refractivity contribution in [2.45, 2.75) is 19.1 Å².